The number of rotatable bonds is 13. The van der Waals surface area contributed by atoms with E-state index in [1.165, 1.54) is 0 Å². The van der Waals surface area contributed by atoms with E-state index >= 15 is 0 Å². The fraction of sp³-hybridized carbons (Fsp3) is 0.364. The fourth-order valence-corrected chi connectivity index (χ4v) is 7.87. The van der Waals surface area contributed by atoms with Crippen LogP contribution in [0.5, 0.6) is 0 Å². The van der Waals surface area contributed by atoms with Crippen molar-refractivity contribution in [3.63, 3.8) is 0 Å². The molecule has 0 unspecified atom stereocenters. The van der Waals surface area contributed by atoms with Crippen LogP contribution in [-0.2, 0) is 11.5 Å². The van der Waals surface area contributed by atoms with Crippen molar-refractivity contribution in [2.75, 3.05) is 19.8 Å². The molecule has 0 saturated carbocycles. The first kappa shape index (κ1) is 46.2. The Morgan fingerprint density at radius 1 is 0.781 bits per heavy atom. The van der Waals surface area contributed by atoms with Gasteiger partial charge in [0.05, 0.1) is 70.2 Å². The molecule has 8 rings (SSSR count). The van der Waals surface area contributed by atoms with Gasteiger partial charge in [-0.15, -0.1) is 0 Å². The number of hydrogen-bond acceptors (Lipinski definition) is 11. The molecule has 6 aromatic heterocycles. The van der Waals surface area contributed by atoms with E-state index in [0.717, 1.165) is 39.2 Å². The third-order valence-corrected chi connectivity index (χ3v) is 12.6. The minimum Gasteiger partial charge on any atom is -0.394 e. The van der Waals surface area contributed by atoms with Crippen LogP contribution in [-0.4, -0.2) is 110 Å². The Hall–Kier alpha value is -5.76. The summed E-state index contributed by atoms with van der Waals surface area (Å²) in [5.41, 5.74) is 4.36. The number of aliphatic hydroxyl groups is 2. The third-order valence-electron chi connectivity index (χ3n) is 10.4. The topological polar surface area (TPSA) is 216 Å². The van der Waals surface area contributed by atoms with Crippen LogP contribution in [0, 0.1) is 13.8 Å². The van der Waals surface area contributed by atoms with Crippen molar-refractivity contribution in [3.05, 3.63) is 93.7 Å². The van der Waals surface area contributed by atoms with E-state index in [0.29, 0.717) is 61.7 Å². The quantitative estimate of drug-likeness (QED) is 0.0571. The highest BCUT2D eigenvalue weighted by molar-refractivity contribution is 6.76. The fourth-order valence-electron chi connectivity index (χ4n) is 6.77. The average Bonchev–Trinajstić information content (AvgIpc) is 4.00. The number of ether oxygens (including phenoxy) is 1. The van der Waals surface area contributed by atoms with Gasteiger partial charge >= 0.3 is 0 Å². The number of nitrogens with zero attached hydrogens (tertiary/aromatic N) is 9. The number of fused-ring (bicyclic) bond motifs is 4. The summed E-state index contributed by atoms with van der Waals surface area (Å²) in [6, 6.07) is 12.1. The van der Waals surface area contributed by atoms with Crippen LogP contribution in [0.25, 0.3) is 55.8 Å². The van der Waals surface area contributed by atoms with E-state index in [2.05, 4.69) is 60.4 Å². The molecule has 5 N–H and O–H groups in total. The van der Waals surface area contributed by atoms with Gasteiger partial charge in [-0.3, -0.25) is 9.59 Å². The van der Waals surface area contributed by atoms with Crippen molar-refractivity contribution < 1.29 is 24.5 Å². The van der Waals surface area contributed by atoms with Gasteiger partial charge in [0.1, 0.15) is 17.8 Å². The largest absolute Gasteiger partial charge is 0.394 e. The lowest BCUT2D eigenvalue weighted by Gasteiger charge is -2.23. The van der Waals surface area contributed by atoms with Gasteiger partial charge in [0, 0.05) is 47.9 Å². The van der Waals surface area contributed by atoms with Crippen molar-refractivity contribution in [2.24, 2.45) is 0 Å². The predicted octanol–water partition coefficient (Wildman–Crippen LogP) is 7.30. The van der Waals surface area contributed by atoms with Crippen molar-refractivity contribution in [2.45, 2.75) is 85.0 Å². The van der Waals surface area contributed by atoms with Crippen molar-refractivity contribution in [1.29, 1.82) is 0 Å². The van der Waals surface area contributed by atoms with Crippen LogP contribution in [0.2, 0.25) is 35.7 Å². The summed E-state index contributed by atoms with van der Waals surface area (Å²) in [6.07, 6.45) is 6.50. The maximum Gasteiger partial charge on any atom is 0.255 e. The molecular formula is C44H52Cl2N12O5Si. The molecule has 17 nitrogen and oxygen atoms in total. The van der Waals surface area contributed by atoms with Crippen molar-refractivity contribution in [3.8, 4) is 11.6 Å². The highest BCUT2D eigenvalue weighted by Gasteiger charge is 2.26. The van der Waals surface area contributed by atoms with Gasteiger partial charge in [0.25, 0.3) is 11.8 Å². The predicted molar refractivity (Wildman–Crippen MR) is 252 cm³/mol. The Bertz CT molecular complexity index is 3040. The smallest absolute Gasteiger partial charge is 0.255 e. The lowest BCUT2D eigenvalue weighted by Crippen LogP contribution is -2.46. The van der Waals surface area contributed by atoms with Crippen LogP contribution >= 0.6 is 23.2 Å². The first-order valence-corrected chi connectivity index (χ1v) is 25.1. The zero-order valence-corrected chi connectivity index (χ0v) is 39.7. The molecule has 0 fully saturated rings. The number of H-pyrrole nitrogens is 1. The van der Waals surface area contributed by atoms with Crippen LogP contribution in [0.3, 0.4) is 0 Å². The highest BCUT2D eigenvalue weighted by atomic mass is 35.5. The second kappa shape index (κ2) is 18.0. The maximum atomic E-state index is 13.2. The van der Waals surface area contributed by atoms with E-state index in [4.69, 9.17) is 32.9 Å². The van der Waals surface area contributed by atoms with E-state index in [1.807, 2.05) is 38.1 Å². The van der Waals surface area contributed by atoms with Gasteiger partial charge < -0.3 is 35.1 Å². The van der Waals surface area contributed by atoms with E-state index in [9.17, 15) is 19.8 Å². The molecule has 2 aromatic carbocycles. The minimum atomic E-state index is -1.23. The molecule has 0 radical (unpaired) electrons. The van der Waals surface area contributed by atoms with Gasteiger partial charge in [-0.1, -0.05) is 42.8 Å². The highest BCUT2D eigenvalue weighted by Crippen LogP contribution is 2.28. The third kappa shape index (κ3) is 9.96. The number of halogens is 2. The molecule has 0 atom stereocenters. The second-order valence-corrected chi connectivity index (χ2v) is 24.7. The van der Waals surface area contributed by atoms with Gasteiger partial charge in [0.2, 0.25) is 0 Å². The molecule has 64 heavy (non-hydrogen) atoms. The number of benzene rings is 2. The first-order chi connectivity index (χ1) is 30.2. The number of amides is 2. The lowest BCUT2D eigenvalue weighted by molar-refractivity contribution is 0.0855. The van der Waals surface area contributed by atoms with Crippen LogP contribution in [0.4, 0.5) is 0 Å². The molecule has 0 spiro atoms. The number of nitrogens with one attached hydrogen (secondary N) is 3. The average molecular weight is 928 g/mol. The number of hydrogen-bond donors (Lipinski definition) is 5. The molecule has 336 valence electrons. The maximum absolute atomic E-state index is 13.2. The number of aryl methyl sites for hydroxylation is 2. The molecule has 20 heteroatoms. The van der Waals surface area contributed by atoms with Gasteiger partial charge in [-0.2, -0.15) is 10.2 Å². The molecule has 2 amide bonds. The van der Waals surface area contributed by atoms with Gasteiger partial charge in [0.15, 0.2) is 22.9 Å². The number of aromatic amines is 1. The molecule has 0 aliphatic carbocycles. The number of carbonyl (C=O) groups is 2. The molecule has 0 aliphatic rings. The van der Waals surface area contributed by atoms with E-state index in [-0.39, 0.29) is 31.8 Å². The SMILES string of the molecule is Cc1nn(-c2cnc3[nH]cc(C(=O)NC(C)(C)CO)c3n2)c2ccc(Cl)cc12.Cc1nn(-c2cnc3c(n2)c(C(=O)NC(C)(C)CO)cn3COCC[Si](C)(C)C)c2ccc(Cl)cc12. The number of aliphatic hydroxyl groups excluding tert-OH is 2. The normalized spacial score (nSPS) is 12.3. The Morgan fingerprint density at radius 3 is 1.83 bits per heavy atom. The monoisotopic (exact) mass is 926 g/mol. The standard InChI is InChI=1S/C25H33ClN6O3Si.C19H19ClN6O2/c1-16-18-11-17(26)7-8-20(18)32(30-16)21-12-27-23-22(28-21)19(24(34)29-25(2,3)14-33)13-31(23)15-35-9-10-36(4,5)6;1-10-12-6-11(20)4-5-14(12)26(25-10)15-8-22-17-16(23-15)13(7-21-17)18(28)24-19(2,3)9-27/h7-8,11-13,33H,9-10,14-15H2,1-6H3,(H,29,34);4-8,27H,9H2,1-3H3,(H,21,22)(H,24,28). The van der Waals surface area contributed by atoms with E-state index in [1.54, 1.807) is 78.5 Å². The number of carbonyl (C=O) groups excluding carboxylic acids is 2. The Labute approximate surface area is 380 Å². The summed E-state index contributed by atoms with van der Waals surface area (Å²) in [5.74, 6) is 0.281. The number of aromatic nitrogens is 10. The Balaban J connectivity index is 0.000000197. The molecular weight excluding hydrogens is 876 g/mol. The summed E-state index contributed by atoms with van der Waals surface area (Å²) < 4.78 is 11.1. The van der Waals surface area contributed by atoms with Crippen LogP contribution in [0.15, 0.2) is 61.2 Å². The van der Waals surface area contributed by atoms with Gasteiger partial charge in [-0.25, -0.2) is 29.3 Å². The summed E-state index contributed by atoms with van der Waals surface area (Å²) in [6.45, 7) is 18.2. The summed E-state index contributed by atoms with van der Waals surface area (Å²) in [5, 5.41) is 37.0. The molecule has 0 aliphatic heterocycles. The van der Waals surface area contributed by atoms with Gasteiger partial charge in [-0.05, 0) is 84.0 Å². The molecule has 0 saturated heterocycles. The molecule has 0 bridgehead atoms. The summed E-state index contributed by atoms with van der Waals surface area (Å²) >= 11 is 12.3. The van der Waals surface area contributed by atoms with Crippen molar-refractivity contribution >= 4 is 87.2 Å². The zero-order chi connectivity index (χ0) is 46.3. The Kier molecular flexibility index (Phi) is 13.0. The molecule has 6 heterocycles. The Morgan fingerprint density at radius 2 is 1.30 bits per heavy atom. The second-order valence-electron chi connectivity index (χ2n) is 18.2. The van der Waals surface area contributed by atoms with Crippen LogP contribution < -0.4 is 10.6 Å². The van der Waals surface area contributed by atoms with E-state index < -0.39 is 19.2 Å². The summed E-state index contributed by atoms with van der Waals surface area (Å²) in [7, 11) is -1.23. The molecule has 8 aromatic rings. The van der Waals surface area contributed by atoms with Crippen LogP contribution in [0.1, 0.15) is 59.8 Å². The zero-order valence-electron chi connectivity index (χ0n) is 37.2. The van der Waals surface area contributed by atoms with Crippen molar-refractivity contribution in [1.82, 2.24) is 59.7 Å². The lowest BCUT2D eigenvalue weighted by atomic mass is 10.1. The summed E-state index contributed by atoms with van der Waals surface area (Å²) in [4.78, 5) is 47.3. The minimum absolute atomic E-state index is 0.181. The first-order valence-electron chi connectivity index (χ1n) is 20.6.